The number of carbonyl (C=O) groups excluding carboxylic acids is 2. The maximum Gasteiger partial charge on any atom is 0.310 e. The Hall–Kier alpha value is -3.22. The van der Waals surface area contributed by atoms with Crippen molar-refractivity contribution in [2.45, 2.75) is 26.4 Å². The molecule has 0 unspecified atom stereocenters. The Morgan fingerprint density at radius 1 is 1.15 bits per heavy atom. The molecular formula is C20H21NO6. The van der Waals surface area contributed by atoms with Crippen LogP contribution in [0.3, 0.4) is 0 Å². The third kappa shape index (κ3) is 4.91. The van der Waals surface area contributed by atoms with Gasteiger partial charge in [-0.2, -0.15) is 0 Å². The highest BCUT2D eigenvalue weighted by molar-refractivity contribution is 5.95. The molecule has 1 aliphatic heterocycles. The minimum atomic E-state index is -0.929. The fourth-order valence-corrected chi connectivity index (χ4v) is 2.49. The minimum Gasteiger partial charge on any atom is -0.493 e. The number of amides is 1. The Kier molecular flexibility index (Phi) is 5.80. The van der Waals surface area contributed by atoms with Crippen LogP contribution in [0, 0.1) is 6.92 Å². The summed E-state index contributed by atoms with van der Waals surface area (Å²) in [6.45, 7) is 3.78. The number of nitrogens with one attached hydrogen (secondary N) is 1. The molecule has 7 heteroatoms. The van der Waals surface area contributed by atoms with E-state index in [1.54, 1.807) is 18.2 Å². The average Bonchev–Trinajstić information content (AvgIpc) is 3.11. The molecule has 1 amide bonds. The number of ether oxygens (including phenoxy) is 4. The Balaban J connectivity index is 1.43. The van der Waals surface area contributed by atoms with E-state index in [9.17, 15) is 9.59 Å². The fourth-order valence-electron chi connectivity index (χ4n) is 2.49. The number of anilines is 1. The Morgan fingerprint density at radius 2 is 1.93 bits per heavy atom. The summed E-state index contributed by atoms with van der Waals surface area (Å²) in [5, 5.41) is 2.68. The van der Waals surface area contributed by atoms with Gasteiger partial charge < -0.3 is 24.3 Å². The number of esters is 1. The van der Waals surface area contributed by atoms with E-state index in [0.717, 1.165) is 11.3 Å². The van der Waals surface area contributed by atoms with E-state index in [1.807, 2.05) is 31.2 Å². The molecule has 0 aliphatic carbocycles. The van der Waals surface area contributed by atoms with Gasteiger partial charge >= 0.3 is 5.97 Å². The van der Waals surface area contributed by atoms with Crippen LogP contribution in [0.2, 0.25) is 0 Å². The summed E-state index contributed by atoms with van der Waals surface area (Å²) in [6, 6.07) is 12.6. The second-order valence-corrected chi connectivity index (χ2v) is 6.05. The van der Waals surface area contributed by atoms with Gasteiger partial charge in [0.25, 0.3) is 5.91 Å². The third-order valence-electron chi connectivity index (χ3n) is 3.97. The number of para-hydroxylation sites is 1. The van der Waals surface area contributed by atoms with Gasteiger partial charge in [0.1, 0.15) is 5.75 Å². The van der Waals surface area contributed by atoms with Crippen LogP contribution < -0.4 is 19.5 Å². The van der Waals surface area contributed by atoms with E-state index in [4.69, 9.17) is 18.9 Å². The van der Waals surface area contributed by atoms with Crippen molar-refractivity contribution in [2.75, 3.05) is 18.7 Å². The van der Waals surface area contributed by atoms with Crippen molar-refractivity contribution >= 4 is 17.6 Å². The molecule has 0 spiro atoms. The van der Waals surface area contributed by atoms with Gasteiger partial charge in [-0.05, 0) is 37.6 Å². The lowest BCUT2D eigenvalue weighted by Gasteiger charge is -2.14. The molecule has 7 nitrogen and oxygen atoms in total. The molecule has 0 bridgehead atoms. The van der Waals surface area contributed by atoms with Crippen molar-refractivity contribution < 1.29 is 28.5 Å². The quantitative estimate of drug-likeness (QED) is 0.753. The molecule has 142 valence electrons. The van der Waals surface area contributed by atoms with E-state index in [-0.39, 0.29) is 19.8 Å². The zero-order valence-electron chi connectivity index (χ0n) is 15.2. The topological polar surface area (TPSA) is 83.1 Å². The number of aryl methyl sites for hydroxylation is 1. The maximum absolute atomic E-state index is 12.2. The predicted molar refractivity (Wildman–Crippen MR) is 98.0 cm³/mol. The molecule has 3 rings (SSSR count). The summed E-state index contributed by atoms with van der Waals surface area (Å²) >= 11 is 0. The van der Waals surface area contributed by atoms with Crippen LogP contribution in [0.1, 0.15) is 18.9 Å². The molecule has 0 radical (unpaired) electrons. The van der Waals surface area contributed by atoms with Gasteiger partial charge in [0, 0.05) is 11.8 Å². The maximum atomic E-state index is 12.2. The van der Waals surface area contributed by atoms with Crippen LogP contribution in [0.15, 0.2) is 42.5 Å². The summed E-state index contributed by atoms with van der Waals surface area (Å²) in [7, 11) is 0. The van der Waals surface area contributed by atoms with Crippen LogP contribution in [0.25, 0.3) is 0 Å². The highest BCUT2D eigenvalue weighted by Gasteiger charge is 2.20. The highest BCUT2D eigenvalue weighted by Crippen LogP contribution is 2.34. The lowest BCUT2D eigenvalue weighted by atomic mass is 10.2. The smallest absolute Gasteiger partial charge is 0.310 e. The van der Waals surface area contributed by atoms with E-state index in [2.05, 4.69) is 5.32 Å². The van der Waals surface area contributed by atoms with E-state index in [0.29, 0.717) is 17.2 Å². The molecule has 0 aromatic heterocycles. The molecule has 27 heavy (non-hydrogen) atoms. The lowest BCUT2D eigenvalue weighted by molar-refractivity contribution is -0.153. The minimum absolute atomic E-state index is 0.0516. The molecular weight excluding hydrogens is 350 g/mol. The molecule has 1 N–H and O–H groups in total. The number of hydrogen-bond acceptors (Lipinski definition) is 6. The first-order valence-corrected chi connectivity index (χ1v) is 8.61. The third-order valence-corrected chi connectivity index (χ3v) is 3.97. The summed E-state index contributed by atoms with van der Waals surface area (Å²) in [5.74, 6) is 0.977. The standard InChI is InChI=1S/C20H21NO6/c1-13-5-3-4-6-16(13)24-10-9-19(22)27-14(2)20(23)21-15-7-8-17-18(11-15)26-12-25-17/h3-8,11,14H,9-10,12H2,1-2H3,(H,21,23)/t14-/m1/s1. The second kappa shape index (κ2) is 8.44. The summed E-state index contributed by atoms with van der Waals surface area (Å²) in [6.07, 6.45) is -0.878. The van der Waals surface area contributed by atoms with Crippen LogP contribution in [-0.4, -0.2) is 31.4 Å². The van der Waals surface area contributed by atoms with Gasteiger partial charge in [-0.25, -0.2) is 0 Å². The molecule has 0 saturated carbocycles. The first-order chi connectivity index (χ1) is 13.0. The summed E-state index contributed by atoms with van der Waals surface area (Å²) in [4.78, 5) is 24.1. The molecule has 2 aromatic carbocycles. The predicted octanol–water partition coefficient (Wildman–Crippen LogP) is 3.06. The van der Waals surface area contributed by atoms with Crippen molar-refractivity contribution in [1.29, 1.82) is 0 Å². The summed E-state index contributed by atoms with van der Waals surface area (Å²) in [5.41, 5.74) is 1.53. The largest absolute Gasteiger partial charge is 0.493 e. The number of rotatable bonds is 7. The van der Waals surface area contributed by atoms with Crippen molar-refractivity contribution in [1.82, 2.24) is 0 Å². The van der Waals surface area contributed by atoms with Crippen LogP contribution >= 0.6 is 0 Å². The zero-order chi connectivity index (χ0) is 19.2. The normalized spacial score (nSPS) is 13.0. The summed E-state index contributed by atoms with van der Waals surface area (Å²) < 4.78 is 21.2. The van der Waals surface area contributed by atoms with Gasteiger partial charge in [0.05, 0.1) is 13.0 Å². The Morgan fingerprint density at radius 3 is 2.74 bits per heavy atom. The van der Waals surface area contributed by atoms with E-state index < -0.39 is 18.0 Å². The first-order valence-electron chi connectivity index (χ1n) is 8.61. The monoisotopic (exact) mass is 371 g/mol. The van der Waals surface area contributed by atoms with Gasteiger partial charge in [0.15, 0.2) is 17.6 Å². The SMILES string of the molecule is Cc1ccccc1OCCC(=O)O[C@H](C)C(=O)Nc1ccc2c(c1)OCO2. The van der Waals surface area contributed by atoms with Crippen LogP contribution in [-0.2, 0) is 14.3 Å². The molecule has 0 fully saturated rings. The zero-order valence-corrected chi connectivity index (χ0v) is 15.2. The number of carbonyl (C=O) groups is 2. The van der Waals surface area contributed by atoms with Crippen molar-refractivity contribution in [3.8, 4) is 17.2 Å². The molecule has 1 atom stereocenters. The number of hydrogen-bond donors (Lipinski definition) is 1. The average molecular weight is 371 g/mol. The molecule has 1 aliphatic rings. The fraction of sp³-hybridized carbons (Fsp3) is 0.300. The first kappa shape index (κ1) is 18.6. The van der Waals surface area contributed by atoms with Gasteiger partial charge in [-0.15, -0.1) is 0 Å². The Bertz CT molecular complexity index is 835. The highest BCUT2D eigenvalue weighted by atomic mass is 16.7. The van der Waals surface area contributed by atoms with E-state index >= 15 is 0 Å². The van der Waals surface area contributed by atoms with Gasteiger partial charge in [-0.3, -0.25) is 9.59 Å². The molecule has 2 aromatic rings. The van der Waals surface area contributed by atoms with Crippen LogP contribution in [0.5, 0.6) is 17.2 Å². The van der Waals surface area contributed by atoms with Crippen molar-refractivity contribution in [3.05, 3.63) is 48.0 Å². The van der Waals surface area contributed by atoms with E-state index in [1.165, 1.54) is 6.92 Å². The van der Waals surface area contributed by atoms with Crippen LogP contribution in [0.4, 0.5) is 5.69 Å². The lowest BCUT2D eigenvalue weighted by Crippen LogP contribution is -2.30. The second-order valence-electron chi connectivity index (χ2n) is 6.05. The van der Waals surface area contributed by atoms with Crippen molar-refractivity contribution in [2.24, 2.45) is 0 Å². The number of benzene rings is 2. The van der Waals surface area contributed by atoms with Gasteiger partial charge in [0.2, 0.25) is 6.79 Å². The van der Waals surface area contributed by atoms with Crippen molar-refractivity contribution in [3.63, 3.8) is 0 Å². The van der Waals surface area contributed by atoms with Gasteiger partial charge in [-0.1, -0.05) is 18.2 Å². The number of fused-ring (bicyclic) bond motifs is 1. The molecule has 1 heterocycles. The Labute approximate surface area is 157 Å². The molecule has 0 saturated heterocycles.